The first kappa shape index (κ1) is 16.3. The minimum absolute atomic E-state index is 0.172. The third-order valence-corrected chi connectivity index (χ3v) is 4.22. The Labute approximate surface area is 140 Å². The number of carboxylic acids is 1. The Balaban J connectivity index is 1.69. The van der Waals surface area contributed by atoms with Crippen molar-refractivity contribution in [1.29, 1.82) is 0 Å². The van der Waals surface area contributed by atoms with Gasteiger partial charge in [0.15, 0.2) is 6.04 Å². The lowest BCUT2D eigenvalue weighted by molar-refractivity contribution is -0.151. The number of carboxylic acid groups (broad SMARTS) is 1. The van der Waals surface area contributed by atoms with E-state index in [9.17, 15) is 14.7 Å². The Morgan fingerprint density at radius 3 is 2.75 bits per heavy atom. The van der Waals surface area contributed by atoms with Crippen molar-refractivity contribution in [3.63, 3.8) is 0 Å². The first-order chi connectivity index (χ1) is 11.6. The SMILES string of the molecule is CN(CC(=O)N1CCc2occc2C1C(=O)O)Cc1ccccc1. The Kier molecular flexibility index (Phi) is 4.66. The zero-order valence-electron chi connectivity index (χ0n) is 13.5. The summed E-state index contributed by atoms with van der Waals surface area (Å²) in [5.41, 5.74) is 1.69. The summed E-state index contributed by atoms with van der Waals surface area (Å²) in [5, 5.41) is 9.54. The van der Waals surface area contributed by atoms with Gasteiger partial charge in [0.25, 0.3) is 0 Å². The normalized spacial score (nSPS) is 16.9. The molecule has 6 nitrogen and oxygen atoms in total. The van der Waals surface area contributed by atoms with Crippen LogP contribution < -0.4 is 0 Å². The summed E-state index contributed by atoms with van der Waals surface area (Å²) in [6.45, 7) is 1.16. The highest BCUT2D eigenvalue weighted by Gasteiger charge is 2.37. The van der Waals surface area contributed by atoms with E-state index in [2.05, 4.69) is 0 Å². The molecule has 3 rings (SSSR count). The zero-order valence-corrected chi connectivity index (χ0v) is 13.5. The van der Waals surface area contributed by atoms with Crippen LogP contribution in [0.1, 0.15) is 22.9 Å². The molecule has 0 spiro atoms. The number of carbonyl (C=O) groups excluding carboxylic acids is 1. The predicted octanol–water partition coefficient (Wildman–Crippen LogP) is 1.92. The van der Waals surface area contributed by atoms with Crippen LogP contribution in [0.15, 0.2) is 47.1 Å². The van der Waals surface area contributed by atoms with Gasteiger partial charge in [-0.2, -0.15) is 0 Å². The molecule has 24 heavy (non-hydrogen) atoms. The second-order valence-corrected chi connectivity index (χ2v) is 6.03. The van der Waals surface area contributed by atoms with Crippen molar-refractivity contribution in [2.75, 3.05) is 20.1 Å². The number of hydrogen-bond acceptors (Lipinski definition) is 4. The average Bonchev–Trinajstić information content (AvgIpc) is 3.02. The summed E-state index contributed by atoms with van der Waals surface area (Å²) in [4.78, 5) is 27.6. The number of hydrogen-bond donors (Lipinski definition) is 1. The van der Waals surface area contributed by atoms with E-state index in [4.69, 9.17) is 4.42 Å². The van der Waals surface area contributed by atoms with E-state index >= 15 is 0 Å². The number of aliphatic carboxylic acids is 1. The summed E-state index contributed by atoms with van der Waals surface area (Å²) < 4.78 is 5.31. The molecule has 0 saturated heterocycles. The fourth-order valence-electron chi connectivity index (χ4n) is 3.12. The lowest BCUT2D eigenvalue weighted by Gasteiger charge is -2.33. The number of rotatable bonds is 5. The van der Waals surface area contributed by atoms with Crippen molar-refractivity contribution in [2.45, 2.75) is 19.0 Å². The molecule has 1 aromatic carbocycles. The number of furan rings is 1. The second-order valence-electron chi connectivity index (χ2n) is 6.03. The molecule has 1 atom stereocenters. The number of benzene rings is 1. The third kappa shape index (κ3) is 3.33. The van der Waals surface area contributed by atoms with Crippen molar-refractivity contribution in [3.05, 3.63) is 59.5 Å². The largest absolute Gasteiger partial charge is 0.479 e. The molecule has 1 amide bonds. The van der Waals surface area contributed by atoms with Crippen molar-refractivity contribution < 1.29 is 19.1 Å². The van der Waals surface area contributed by atoms with Gasteiger partial charge in [-0.3, -0.25) is 9.69 Å². The first-order valence-electron chi connectivity index (χ1n) is 7.87. The molecule has 2 heterocycles. The fraction of sp³-hybridized carbons (Fsp3) is 0.333. The molecule has 1 N–H and O–H groups in total. The number of nitrogens with zero attached hydrogens (tertiary/aromatic N) is 2. The van der Waals surface area contributed by atoms with Crippen LogP contribution >= 0.6 is 0 Å². The van der Waals surface area contributed by atoms with Crippen LogP contribution in [0.3, 0.4) is 0 Å². The lowest BCUT2D eigenvalue weighted by atomic mass is 9.99. The monoisotopic (exact) mass is 328 g/mol. The molecular weight excluding hydrogens is 308 g/mol. The summed E-state index contributed by atoms with van der Waals surface area (Å²) in [6, 6.07) is 10.5. The van der Waals surface area contributed by atoms with Crippen LogP contribution in [-0.4, -0.2) is 46.9 Å². The molecule has 0 aliphatic carbocycles. The van der Waals surface area contributed by atoms with E-state index in [1.54, 1.807) is 6.07 Å². The Morgan fingerprint density at radius 1 is 1.29 bits per heavy atom. The molecule has 0 radical (unpaired) electrons. The van der Waals surface area contributed by atoms with Gasteiger partial charge in [0.05, 0.1) is 12.8 Å². The zero-order chi connectivity index (χ0) is 17.1. The maximum Gasteiger partial charge on any atom is 0.331 e. The molecule has 0 fully saturated rings. The summed E-state index contributed by atoms with van der Waals surface area (Å²) in [5.74, 6) is -0.562. The van der Waals surface area contributed by atoms with Gasteiger partial charge in [-0.05, 0) is 18.7 Å². The summed E-state index contributed by atoms with van der Waals surface area (Å²) in [6.07, 6.45) is 2.02. The molecule has 1 aliphatic rings. The standard InChI is InChI=1S/C18H20N2O4/c1-19(11-13-5-3-2-4-6-13)12-16(21)20-9-7-15-14(8-10-24-15)17(20)18(22)23/h2-6,8,10,17H,7,9,11-12H2,1H3,(H,22,23). The van der Waals surface area contributed by atoms with Gasteiger partial charge in [0.1, 0.15) is 5.76 Å². The van der Waals surface area contributed by atoms with E-state index in [-0.39, 0.29) is 12.5 Å². The highest BCUT2D eigenvalue weighted by molar-refractivity contribution is 5.86. The molecule has 1 unspecified atom stereocenters. The minimum Gasteiger partial charge on any atom is -0.479 e. The van der Waals surface area contributed by atoms with Gasteiger partial charge in [-0.25, -0.2) is 4.79 Å². The van der Waals surface area contributed by atoms with Crippen LogP contribution in [0.4, 0.5) is 0 Å². The first-order valence-corrected chi connectivity index (χ1v) is 7.87. The fourth-order valence-corrected chi connectivity index (χ4v) is 3.12. The average molecular weight is 328 g/mol. The molecule has 2 aromatic rings. The van der Waals surface area contributed by atoms with E-state index in [1.165, 1.54) is 11.2 Å². The van der Waals surface area contributed by atoms with Gasteiger partial charge in [-0.15, -0.1) is 0 Å². The Bertz CT molecular complexity index is 726. The van der Waals surface area contributed by atoms with Gasteiger partial charge < -0.3 is 14.4 Å². The van der Waals surface area contributed by atoms with Crippen LogP contribution in [0, 0.1) is 0 Å². The number of carbonyl (C=O) groups is 2. The van der Waals surface area contributed by atoms with Crippen molar-refractivity contribution in [3.8, 4) is 0 Å². The highest BCUT2D eigenvalue weighted by Crippen LogP contribution is 2.31. The predicted molar refractivity (Wildman–Crippen MR) is 87.3 cm³/mol. The summed E-state index contributed by atoms with van der Waals surface area (Å²) >= 11 is 0. The maximum absolute atomic E-state index is 12.6. The molecular formula is C18H20N2O4. The molecule has 1 aliphatic heterocycles. The smallest absolute Gasteiger partial charge is 0.331 e. The van der Waals surface area contributed by atoms with Crippen molar-refractivity contribution in [2.24, 2.45) is 0 Å². The van der Waals surface area contributed by atoms with Crippen LogP contribution in [0.5, 0.6) is 0 Å². The van der Waals surface area contributed by atoms with E-state index in [0.717, 1.165) is 5.56 Å². The molecule has 0 bridgehead atoms. The van der Waals surface area contributed by atoms with Crippen molar-refractivity contribution in [1.82, 2.24) is 9.80 Å². The van der Waals surface area contributed by atoms with Crippen molar-refractivity contribution >= 4 is 11.9 Å². The topological polar surface area (TPSA) is 74.0 Å². The molecule has 1 aromatic heterocycles. The van der Waals surface area contributed by atoms with E-state index < -0.39 is 12.0 Å². The molecule has 6 heteroatoms. The summed E-state index contributed by atoms with van der Waals surface area (Å²) in [7, 11) is 1.86. The number of fused-ring (bicyclic) bond motifs is 1. The Morgan fingerprint density at radius 2 is 2.04 bits per heavy atom. The Hall–Kier alpha value is -2.60. The number of amides is 1. The van der Waals surface area contributed by atoms with E-state index in [1.807, 2.05) is 42.3 Å². The van der Waals surface area contributed by atoms with Gasteiger partial charge in [-0.1, -0.05) is 30.3 Å². The van der Waals surface area contributed by atoms with Gasteiger partial charge in [0, 0.05) is 25.1 Å². The third-order valence-electron chi connectivity index (χ3n) is 4.22. The highest BCUT2D eigenvalue weighted by atomic mass is 16.4. The van der Waals surface area contributed by atoms with E-state index in [0.29, 0.717) is 30.8 Å². The quantitative estimate of drug-likeness (QED) is 0.908. The van der Waals surface area contributed by atoms with Crippen LogP contribution in [-0.2, 0) is 22.6 Å². The van der Waals surface area contributed by atoms with Crippen LogP contribution in [0.25, 0.3) is 0 Å². The minimum atomic E-state index is -1.03. The molecule has 0 saturated carbocycles. The number of likely N-dealkylation sites (N-methyl/N-ethyl adjacent to an activating group) is 1. The maximum atomic E-state index is 12.6. The van der Waals surface area contributed by atoms with Gasteiger partial charge >= 0.3 is 5.97 Å². The van der Waals surface area contributed by atoms with Gasteiger partial charge in [0.2, 0.25) is 5.91 Å². The molecule has 126 valence electrons. The van der Waals surface area contributed by atoms with Crippen LogP contribution in [0.2, 0.25) is 0 Å². The second kappa shape index (κ2) is 6.88. The lowest BCUT2D eigenvalue weighted by Crippen LogP contribution is -2.46.